The summed E-state index contributed by atoms with van der Waals surface area (Å²) < 4.78 is 0. The lowest BCUT2D eigenvalue weighted by atomic mass is 10.0. The summed E-state index contributed by atoms with van der Waals surface area (Å²) in [6.45, 7) is 5.51. The van der Waals surface area contributed by atoms with Crippen LogP contribution in [0.15, 0.2) is 0 Å². The molecule has 0 unspecified atom stereocenters. The van der Waals surface area contributed by atoms with Gasteiger partial charge in [0.15, 0.2) is 6.61 Å². The number of likely N-dealkylation sites (N-methyl/N-ethyl adjacent to an activating group) is 1. The lowest BCUT2D eigenvalue weighted by Gasteiger charge is -2.44. The van der Waals surface area contributed by atoms with Crippen LogP contribution in [-0.2, 0) is 9.63 Å². The van der Waals surface area contributed by atoms with E-state index in [0.29, 0.717) is 13.1 Å². The number of carbonyl (C=O) groups is 2. The summed E-state index contributed by atoms with van der Waals surface area (Å²) in [6, 6.07) is -0.396. The summed E-state index contributed by atoms with van der Waals surface area (Å²) in [7, 11) is 2.01. The van der Waals surface area contributed by atoms with Crippen LogP contribution in [0.4, 0.5) is 4.79 Å². The lowest BCUT2D eigenvalue weighted by Crippen LogP contribution is -2.60. The van der Waals surface area contributed by atoms with E-state index in [0.717, 1.165) is 6.54 Å². The zero-order chi connectivity index (χ0) is 13.1. The molecule has 98 valence electrons. The first-order chi connectivity index (χ1) is 7.83. The van der Waals surface area contributed by atoms with Crippen LogP contribution < -0.4 is 5.48 Å². The van der Waals surface area contributed by atoms with Crippen molar-refractivity contribution in [3.05, 3.63) is 0 Å². The minimum atomic E-state index is -1.12. The topological polar surface area (TPSA) is 82.1 Å². The zero-order valence-electron chi connectivity index (χ0n) is 10.4. The van der Waals surface area contributed by atoms with Crippen LogP contribution >= 0.6 is 0 Å². The van der Waals surface area contributed by atoms with Crippen molar-refractivity contribution in [2.75, 3.05) is 33.3 Å². The lowest BCUT2D eigenvalue weighted by molar-refractivity contribution is -0.144. The summed E-state index contributed by atoms with van der Waals surface area (Å²) in [5, 5.41) is 8.36. The predicted molar refractivity (Wildman–Crippen MR) is 60.4 cm³/mol. The summed E-state index contributed by atoms with van der Waals surface area (Å²) in [6.07, 6.45) is 0. The van der Waals surface area contributed by atoms with Gasteiger partial charge >= 0.3 is 12.0 Å². The number of carbonyl (C=O) groups excluding carboxylic acids is 1. The van der Waals surface area contributed by atoms with Crippen molar-refractivity contribution in [1.29, 1.82) is 0 Å². The van der Waals surface area contributed by atoms with E-state index in [9.17, 15) is 9.59 Å². The average molecular weight is 245 g/mol. The molecule has 0 bridgehead atoms. The highest BCUT2D eigenvalue weighted by molar-refractivity contribution is 5.74. The molecule has 0 spiro atoms. The molecule has 7 nitrogen and oxygen atoms in total. The Bertz CT molecular complexity index is 306. The van der Waals surface area contributed by atoms with E-state index in [2.05, 4.69) is 15.2 Å². The van der Waals surface area contributed by atoms with Crippen LogP contribution in [0.3, 0.4) is 0 Å². The van der Waals surface area contributed by atoms with Gasteiger partial charge in [-0.1, -0.05) is 0 Å². The second kappa shape index (κ2) is 5.33. The third-order valence-electron chi connectivity index (χ3n) is 2.96. The summed E-state index contributed by atoms with van der Waals surface area (Å²) >= 11 is 0. The quantitative estimate of drug-likeness (QED) is 0.669. The van der Waals surface area contributed by atoms with Gasteiger partial charge in [0.05, 0.1) is 0 Å². The molecule has 0 aliphatic carbocycles. The van der Waals surface area contributed by atoms with Crippen molar-refractivity contribution >= 4 is 12.0 Å². The normalized spacial score (nSPS) is 20.1. The first-order valence-corrected chi connectivity index (χ1v) is 5.42. The Morgan fingerprint density at radius 1 is 1.41 bits per heavy atom. The van der Waals surface area contributed by atoms with Crippen molar-refractivity contribution in [3.63, 3.8) is 0 Å². The maximum absolute atomic E-state index is 11.7. The van der Waals surface area contributed by atoms with E-state index in [1.807, 2.05) is 20.9 Å². The van der Waals surface area contributed by atoms with Gasteiger partial charge in [-0.25, -0.2) is 15.1 Å². The standard InChI is InChI=1S/C10H19N3O4/c1-10(2)7-13(5-4-12(10)3)9(16)11-17-6-8(14)15/h4-7H2,1-3H3,(H,11,16)(H,14,15). The van der Waals surface area contributed by atoms with Gasteiger partial charge in [-0.2, -0.15) is 0 Å². The Morgan fingerprint density at radius 3 is 2.59 bits per heavy atom. The number of amides is 2. The second-order valence-electron chi connectivity index (χ2n) is 4.75. The first-order valence-electron chi connectivity index (χ1n) is 5.42. The van der Waals surface area contributed by atoms with Gasteiger partial charge in [0.1, 0.15) is 0 Å². The third kappa shape index (κ3) is 3.86. The Balaban J connectivity index is 2.40. The number of carboxylic acids is 1. The number of nitrogens with zero attached hydrogens (tertiary/aromatic N) is 2. The molecule has 0 aromatic rings. The van der Waals surface area contributed by atoms with Gasteiger partial charge < -0.3 is 10.0 Å². The van der Waals surface area contributed by atoms with Crippen LogP contribution in [0.1, 0.15) is 13.8 Å². The van der Waals surface area contributed by atoms with Crippen LogP contribution in [0.25, 0.3) is 0 Å². The third-order valence-corrected chi connectivity index (χ3v) is 2.96. The van der Waals surface area contributed by atoms with Gasteiger partial charge in [0.2, 0.25) is 0 Å². The van der Waals surface area contributed by atoms with Gasteiger partial charge in [-0.05, 0) is 20.9 Å². The van der Waals surface area contributed by atoms with Crippen LogP contribution in [0.2, 0.25) is 0 Å². The number of carboxylic acid groups (broad SMARTS) is 1. The van der Waals surface area contributed by atoms with Crippen LogP contribution in [-0.4, -0.2) is 65.7 Å². The molecule has 0 atom stereocenters. The van der Waals surface area contributed by atoms with Gasteiger partial charge in [0, 0.05) is 25.2 Å². The molecule has 2 N–H and O–H groups in total. The van der Waals surface area contributed by atoms with Crippen molar-refractivity contribution in [1.82, 2.24) is 15.3 Å². The molecule has 0 saturated carbocycles. The predicted octanol–water partition coefficient (Wildman–Crippen LogP) is -0.262. The Hall–Kier alpha value is -1.34. The number of piperazine rings is 1. The molecular weight excluding hydrogens is 226 g/mol. The molecule has 1 aliphatic heterocycles. The van der Waals surface area contributed by atoms with Crippen molar-refractivity contribution < 1.29 is 19.5 Å². The maximum Gasteiger partial charge on any atom is 0.341 e. The summed E-state index contributed by atoms with van der Waals surface area (Å²) in [4.78, 5) is 30.2. The first kappa shape index (κ1) is 13.7. The highest BCUT2D eigenvalue weighted by Gasteiger charge is 2.33. The second-order valence-corrected chi connectivity index (χ2v) is 4.75. The van der Waals surface area contributed by atoms with E-state index < -0.39 is 18.6 Å². The molecule has 0 radical (unpaired) electrons. The maximum atomic E-state index is 11.7. The number of rotatable bonds is 3. The summed E-state index contributed by atoms with van der Waals surface area (Å²) in [5.41, 5.74) is 2.03. The van der Waals surface area contributed by atoms with E-state index >= 15 is 0 Å². The number of nitrogens with one attached hydrogen (secondary N) is 1. The monoisotopic (exact) mass is 245 g/mol. The number of hydroxylamine groups is 1. The highest BCUT2D eigenvalue weighted by atomic mass is 16.7. The number of hydrogen-bond acceptors (Lipinski definition) is 4. The van der Waals surface area contributed by atoms with Gasteiger partial charge in [-0.3, -0.25) is 9.74 Å². The number of aliphatic carboxylic acids is 1. The van der Waals surface area contributed by atoms with E-state index in [4.69, 9.17) is 5.11 Å². The molecule has 7 heteroatoms. The fourth-order valence-electron chi connectivity index (χ4n) is 1.64. The highest BCUT2D eigenvalue weighted by Crippen LogP contribution is 2.18. The minimum Gasteiger partial charge on any atom is -0.479 e. The van der Waals surface area contributed by atoms with Crippen molar-refractivity contribution in [2.24, 2.45) is 0 Å². The van der Waals surface area contributed by atoms with Crippen molar-refractivity contribution in [2.45, 2.75) is 19.4 Å². The largest absolute Gasteiger partial charge is 0.479 e. The number of hydrogen-bond donors (Lipinski definition) is 2. The van der Waals surface area contributed by atoms with E-state index in [1.54, 1.807) is 4.90 Å². The van der Waals surface area contributed by atoms with Crippen LogP contribution in [0.5, 0.6) is 0 Å². The van der Waals surface area contributed by atoms with Gasteiger partial charge in [-0.15, -0.1) is 0 Å². The molecule has 1 saturated heterocycles. The smallest absolute Gasteiger partial charge is 0.341 e. The Morgan fingerprint density at radius 2 is 2.06 bits per heavy atom. The Kier molecular flexibility index (Phi) is 4.30. The molecule has 1 heterocycles. The fraction of sp³-hybridized carbons (Fsp3) is 0.800. The van der Waals surface area contributed by atoms with Crippen LogP contribution in [0, 0.1) is 0 Å². The SMILES string of the molecule is CN1CCN(C(=O)NOCC(=O)O)CC1(C)C. The molecule has 1 rings (SSSR count). The molecule has 0 aromatic carbocycles. The van der Waals surface area contributed by atoms with Gasteiger partial charge in [0.25, 0.3) is 0 Å². The summed E-state index contributed by atoms with van der Waals surface area (Å²) in [5.74, 6) is -1.12. The van der Waals surface area contributed by atoms with E-state index in [-0.39, 0.29) is 5.54 Å². The molecule has 0 aromatic heterocycles. The molecular formula is C10H19N3O4. The minimum absolute atomic E-state index is 0.0949. The molecule has 1 fully saturated rings. The van der Waals surface area contributed by atoms with E-state index in [1.165, 1.54) is 0 Å². The molecule has 2 amide bonds. The zero-order valence-corrected chi connectivity index (χ0v) is 10.4. The Labute approximate surface area is 100 Å². The average Bonchev–Trinajstić information content (AvgIpc) is 2.21. The molecule has 1 aliphatic rings. The number of urea groups is 1. The fourth-order valence-corrected chi connectivity index (χ4v) is 1.64. The van der Waals surface area contributed by atoms with Crippen molar-refractivity contribution in [3.8, 4) is 0 Å². The molecule has 17 heavy (non-hydrogen) atoms.